The lowest BCUT2D eigenvalue weighted by molar-refractivity contribution is -0.160. The minimum atomic E-state index is -4.12. The molecule has 27 heavy (non-hydrogen) atoms. The van der Waals surface area contributed by atoms with E-state index < -0.39 is 46.1 Å². The van der Waals surface area contributed by atoms with Crippen molar-refractivity contribution < 1.29 is 37.3 Å². The number of hydrogen-bond acceptors (Lipinski definition) is 8. The van der Waals surface area contributed by atoms with Crippen LogP contribution in [0.15, 0.2) is 29.2 Å². The zero-order valence-corrected chi connectivity index (χ0v) is 16.3. The van der Waals surface area contributed by atoms with Gasteiger partial charge in [0.25, 0.3) is 0 Å². The van der Waals surface area contributed by atoms with E-state index in [1.807, 2.05) is 0 Å². The smallest absolute Gasteiger partial charge is 0.327 e. The molecule has 150 valence electrons. The molecule has 0 saturated carbocycles. The maximum absolute atomic E-state index is 13.2. The zero-order valence-electron chi connectivity index (χ0n) is 15.5. The second-order valence-corrected chi connectivity index (χ2v) is 8.74. The van der Waals surface area contributed by atoms with Crippen LogP contribution in [0.2, 0.25) is 0 Å². The van der Waals surface area contributed by atoms with Crippen molar-refractivity contribution in [3.63, 3.8) is 0 Å². The third-order valence-electron chi connectivity index (χ3n) is 4.64. The number of methoxy groups -OCH3 is 2. The van der Waals surface area contributed by atoms with Gasteiger partial charge in [0.2, 0.25) is 10.0 Å². The summed E-state index contributed by atoms with van der Waals surface area (Å²) in [6, 6.07) is 4.47. The van der Waals surface area contributed by atoms with E-state index in [9.17, 15) is 18.3 Å². The van der Waals surface area contributed by atoms with Crippen molar-refractivity contribution in [3.05, 3.63) is 24.3 Å². The lowest BCUT2D eigenvalue weighted by atomic mass is 9.96. The quantitative estimate of drug-likeness (QED) is 0.709. The van der Waals surface area contributed by atoms with E-state index in [0.29, 0.717) is 5.75 Å². The number of carbonyl (C=O) groups is 1. The van der Waals surface area contributed by atoms with Gasteiger partial charge in [-0.3, -0.25) is 4.79 Å². The van der Waals surface area contributed by atoms with Crippen molar-refractivity contribution in [2.45, 2.75) is 48.9 Å². The Hall–Kier alpha value is -1.72. The molecule has 2 saturated heterocycles. The fraction of sp³-hybridized carbons (Fsp3) is 0.588. The van der Waals surface area contributed by atoms with Crippen LogP contribution in [0, 0.1) is 0 Å². The summed E-state index contributed by atoms with van der Waals surface area (Å²) in [6.45, 7) is 2.94. The number of hydrogen-bond donors (Lipinski definition) is 1. The van der Waals surface area contributed by atoms with Crippen LogP contribution in [-0.2, 0) is 29.0 Å². The van der Waals surface area contributed by atoms with E-state index in [4.69, 9.17) is 18.9 Å². The molecule has 0 radical (unpaired) electrons. The van der Waals surface area contributed by atoms with Crippen molar-refractivity contribution >= 4 is 16.0 Å². The molecule has 9 nitrogen and oxygen atoms in total. The van der Waals surface area contributed by atoms with Crippen LogP contribution in [-0.4, -0.2) is 74.7 Å². The van der Waals surface area contributed by atoms with E-state index in [2.05, 4.69) is 0 Å². The van der Waals surface area contributed by atoms with Gasteiger partial charge in [-0.2, -0.15) is 4.31 Å². The van der Waals surface area contributed by atoms with Gasteiger partial charge in [0.15, 0.2) is 11.8 Å². The van der Waals surface area contributed by atoms with E-state index in [0.717, 1.165) is 4.31 Å². The number of carbonyl (C=O) groups excluding carboxylic acids is 1. The van der Waals surface area contributed by atoms with Crippen molar-refractivity contribution in [1.82, 2.24) is 4.31 Å². The number of rotatable bonds is 4. The first kappa shape index (κ1) is 20.0. The molecule has 0 aliphatic carbocycles. The first-order valence-electron chi connectivity index (χ1n) is 8.38. The minimum Gasteiger partial charge on any atom is -0.497 e. The highest BCUT2D eigenvalue weighted by Gasteiger charge is 2.58. The van der Waals surface area contributed by atoms with Gasteiger partial charge in [-0.05, 0) is 38.1 Å². The van der Waals surface area contributed by atoms with E-state index in [-0.39, 0.29) is 11.4 Å². The number of fused-ring (bicyclic) bond motifs is 1. The van der Waals surface area contributed by atoms with Crippen molar-refractivity contribution in [2.75, 3.05) is 20.8 Å². The highest BCUT2D eigenvalue weighted by Crippen LogP contribution is 2.39. The number of sulfonamides is 1. The normalized spacial score (nSPS) is 30.6. The molecule has 4 atom stereocenters. The highest BCUT2D eigenvalue weighted by molar-refractivity contribution is 7.89. The average molecular weight is 401 g/mol. The van der Waals surface area contributed by atoms with Crippen molar-refractivity contribution in [2.24, 2.45) is 0 Å². The first-order valence-corrected chi connectivity index (χ1v) is 9.82. The molecule has 2 heterocycles. The van der Waals surface area contributed by atoms with Gasteiger partial charge in [0.1, 0.15) is 18.0 Å². The number of aliphatic hydroxyl groups excluding tert-OH is 1. The van der Waals surface area contributed by atoms with E-state index >= 15 is 0 Å². The molecular formula is C17H23NO8S. The largest absolute Gasteiger partial charge is 0.497 e. The van der Waals surface area contributed by atoms with Gasteiger partial charge in [0.05, 0.1) is 25.2 Å². The fourth-order valence-electron chi connectivity index (χ4n) is 3.43. The third kappa shape index (κ3) is 3.55. The summed E-state index contributed by atoms with van der Waals surface area (Å²) in [6.07, 6.45) is -3.00. The number of ether oxygens (including phenoxy) is 4. The van der Waals surface area contributed by atoms with Crippen LogP contribution in [0.3, 0.4) is 0 Å². The van der Waals surface area contributed by atoms with E-state index in [1.54, 1.807) is 13.8 Å². The van der Waals surface area contributed by atoms with Crippen molar-refractivity contribution in [1.29, 1.82) is 0 Å². The van der Waals surface area contributed by atoms with Crippen molar-refractivity contribution in [3.8, 4) is 5.75 Å². The summed E-state index contributed by atoms with van der Waals surface area (Å²) in [5, 5.41) is 10.5. The first-order chi connectivity index (χ1) is 12.6. The van der Waals surface area contributed by atoms with Gasteiger partial charge in [-0.15, -0.1) is 0 Å². The highest BCUT2D eigenvalue weighted by atomic mass is 32.2. The molecule has 10 heteroatoms. The molecule has 0 unspecified atom stereocenters. The lowest BCUT2D eigenvalue weighted by Crippen LogP contribution is -2.64. The monoisotopic (exact) mass is 401 g/mol. The zero-order chi connectivity index (χ0) is 20.0. The van der Waals surface area contributed by atoms with Crippen LogP contribution >= 0.6 is 0 Å². The topological polar surface area (TPSA) is 112 Å². The minimum absolute atomic E-state index is 0.0407. The van der Waals surface area contributed by atoms with Gasteiger partial charge in [-0.1, -0.05) is 0 Å². The number of aliphatic hydroxyl groups is 1. The predicted octanol–water partition coefficient (Wildman–Crippen LogP) is 0.122. The molecule has 0 amide bonds. The fourth-order valence-corrected chi connectivity index (χ4v) is 5.03. The summed E-state index contributed by atoms with van der Waals surface area (Å²) in [5.41, 5.74) is 0. The van der Waals surface area contributed by atoms with Crippen LogP contribution in [0.25, 0.3) is 0 Å². The Morgan fingerprint density at radius 2 is 1.78 bits per heavy atom. The Bertz CT molecular complexity index is 807. The lowest BCUT2D eigenvalue weighted by Gasteiger charge is -2.40. The summed E-state index contributed by atoms with van der Waals surface area (Å²) in [4.78, 5) is 12.4. The molecule has 2 aliphatic rings. The van der Waals surface area contributed by atoms with Crippen LogP contribution < -0.4 is 4.74 Å². The summed E-state index contributed by atoms with van der Waals surface area (Å²) >= 11 is 0. The molecule has 2 aliphatic heterocycles. The second-order valence-electron chi connectivity index (χ2n) is 6.85. The maximum atomic E-state index is 13.2. The third-order valence-corrected chi connectivity index (χ3v) is 6.50. The van der Waals surface area contributed by atoms with Crippen LogP contribution in [0.1, 0.15) is 13.8 Å². The summed E-state index contributed by atoms with van der Waals surface area (Å²) < 4.78 is 48.6. The molecule has 1 N–H and O–H groups in total. The SMILES string of the molecule is COC(=O)[C@H]1[C@@H]2OC(C)(C)O[C@H]2[C@H](O)CN1S(=O)(=O)c1ccc(OC)cc1. The Morgan fingerprint density at radius 1 is 1.19 bits per heavy atom. The Labute approximate surface area is 157 Å². The number of β-amino-alcohol motifs (C(OH)–C–C–N with tert-alkyl or cyclic N) is 1. The molecule has 0 aromatic heterocycles. The molecule has 2 fully saturated rings. The molecule has 0 spiro atoms. The Balaban J connectivity index is 2.02. The van der Waals surface area contributed by atoms with Gasteiger partial charge < -0.3 is 24.1 Å². The van der Waals surface area contributed by atoms with Crippen LogP contribution in [0.5, 0.6) is 5.75 Å². The predicted molar refractivity (Wildman–Crippen MR) is 92.5 cm³/mol. The summed E-state index contributed by atoms with van der Waals surface area (Å²) in [7, 11) is -1.48. The number of nitrogens with zero attached hydrogens (tertiary/aromatic N) is 1. The summed E-state index contributed by atoms with van der Waals surface area (Å²) in [5.74, 6) is -1.36. The Morgan fingerprint density at radius 3 is 2.33 bits per heavy atom. The van der Waals surface area contributed by atoms with Gasteiger partial charge >= 0.3 is 5.97 Å². The standard InChI is InChI=1S/C17H23NO8S/c1-17(2)25-14-12(19)9-18(13(15(14)26-17)16(20)24-4)27(21,22)11-7-5-10(23-3)6-8-11/h5-8,12-15,19H,9H2,1-4H3/t12-,13-,14+,15+/m1/s1. The number of esters is 1. The van der Waals surface area contributed by atoms with Gasteiger partial charge in [-0.25, -0.2) is 8.42 Å². The molecular weight excluding hydrogens is 378 g/mol. The molecule has 1 aromatic carbocycles. The second kappa shape index (κ2) is 7.02. The molecule has 0 bridgehead atoms. The average Bonchev–Trinajstić information content (AvgIpc) is 2.96. The van der Waals surface area contributed by atoms with Gasteiger partial charge in [0, 0.05) is 6.54 Å². The maximum Gasteiger partial charge on any atom is 0.327 e. The Kier molecular flexibility index (Phi) is 5.21. The van der Waals surface area contributed by atoms with E-state index in [1.165, 1.54) is 38.5 Å². The number of benzene rings is 1. The molecule has 3 rings (SSSR count). The number of piperidine rings is 1. The van der Waals surface area contributed by atoms with Crippen LogP contribution in [0.4, 0.5) is 0 Å². The molecule has 1 aromatic rings.